The minimum atomic E-state index is -3.60. The highest BCUT2D eigenvalue weighted by Gasteiger charge is 2.36. The lowest BCUT2D eigenvalue weighted by Gasteiger charge is -2.43. The molecule has 0 unspecified atom stereocenters. The van der Waals surface area contributed by atoms with E-state index >= 15 is 0 Å². The van der Waals surface area contributed by atoms with Crippen LogP contribution in [-0.2, 0) is 10.0 Å². The number of benzene rings is 2. The molecule has 1 aliphatic carbocycles. The number of nitrogens with one attached hydrogen (secondary N) is 3. The first-order valence-corrected chi connectivity index (χ1v) is 18.3. The van der Waals surface area contributed by atoms with Crippen molar-refractivity contribution in [2.24, 2.45) is 0 Å². The summed E-state index contributed by atoms with van der Waals surface area (Å²) in [5, 5.41) is 6.34. The molecule has 4 heterocycles. The van der Waals surface area contributed by atoms with Gasteiger partial charge in [0.1, 0.15) is 16.3 Å². The average molecular weight is 693 g/mol. The van der Waals surface area contributed by atoms with E-state index in [1.807, 2.05) is 0 Å². The molecule has 48 heavy (non-hydrogen) atoms. The lowest BCUT2D eigenvalue weighted by Crippen LogP contribution is -2.52. The maximum absolute atomic E-state index is 13.0. The molecule has 3 aliphatic rings. The summed E-state index contributed by atoms with van der Waals surface area (Å²) in [6.07, 6.45) is 8.13. The number of methoxy groups -OCH3 is 1. The van der Waals surface area contributed by atoms with Crippen LogP contribution in [0.3, 0.4) is 0 Å². The number of fused-ring (bicyclic) bond motifs is 1. The lowest BCUT2D eigenvalue weighted by atomic mass is 10.0. The third kappa shape index (κ3) is 6.93. The van der Waals surface area contributed by atoms with Crippen LogP contribution < -0.4 is 25.0 Å². The molecule has 0 spiro atoms. The van der Waals surface area contributed by atoms with Crippen molar-refractivity contribution in [2.75, 3.05) is 73.7 Å². The van der Waals surface area contributed by atoms with Crippen molar-refractivity contribution in [3.05, 3.63) is 53.4 Å². The maximum atomic E-state index is 13.0. The van der Waals surface area contributed by atoms with Gasteiger partial charge in [-0.1, -0.05) is 11.6 Å². The summed E-state index contributed by atoms with van der Waals surface area (Å²) in [5.74, 6) is 1.26. The number of nitrogens with zero attached hydrogens (tertiary/aromatic N) is 7. The number of aromatic nitrogens is 4. The largest absolute Gasteiger partial charge is 0.494 e. The Morgan fingerprint density at radius 1 is 0.917 bits per heavy atom. The molecule has 3 N–H and O–H groups in total. The number of hydrogen-bond donors (Lipinski definition) is 3. The lowest BCUT2D eigenvalue weighted by molar-refractivity contribution is 0.0982. The van der Waals surface area contributed by atoms with Crippen LogP contribution in [-0.4, -0.2) is 103 Å². The smallest absolute Gasteiger partial charge is 0.235 e. The molecule has 3 fully saturated rings. The van der Waals surface area contributed by atoms with E-state index in [1.54, 1.807) is 25.4 Å². The molecule has 2 aromatic heterocycles. The van der Waals surface area contributed by atoms with E-state index in [1.165, 1.54) is 12.4 Å². The molecule has 0 atom stereocenters. The fourth-order valence-corrected chi connectivity index (χ4v) is 8.11. The minimum absolute atomic E-state index is 0.259. The second kappa shape index (κ2) is 13.5. The summed E-state index contributed by atoms with van der Waals surface area (Å²) in [6.45, 7) is 8.69. The zero-order chi connectivity index (χ0) is 33.4. The van der Waals surface area contributed by atoms with Gasteiger partial charge >= 0.3 is 0 Å². The van der Waals surface area contributed by atoms with Crippen LogP contribution in [0.2, 0.25) is 5.02 Å². The van der Waals surface area contributed by atoms with Gasteiger partial charge in [0.25, 0.3) is 0 Å². The van der Waals surface area contributed by atoms with E-state index in [9.17, 15) is 8.42 Å². The fourth-order valence-electron chi connectivity index (χ4n) is 6.55. The molecule has 4 aromatic rings. The molecule has 0 bridgehead atoms. The van der Waals surface area contributed by atoms with Crippen molar-refractivity contribution in [2.45, 2.75) is 43.9 Å². The van der Waals surface area contributed by atoms with Gasteiger partial charge in [0.05, 0.1) is 41.1 Å². The van der Waals surface area contributed by atoms with Crippen molar-refractivity contribution >= 4 is 67.2 Å². The fraction of sp³-hybridized carbons (Fsp3) is 0.455. The quantitative estimate of drug-likeness (QED) is 0.206. The highest BCUT2D eigenvalue weighted by Crippen LogP contribution is 2.39. The number of aryl methyl sites for hydroxylation is 1. The van der Waals surface area contributed by atoms with Gasteiger partial charge in [-0.15, -0.1) is 0 Å². The average Bonchev–Trinajstić information content (AvgIpc) is 3.95. The highest BCUT2D eigenvalue weighted by molar-refractivity contribution is 7.93. The predicted octanol–water partition coefficient (Wildman–Crippen LogP) is 5.00. The Kier molecular flexibility index (Phi) is 9.16. The van der Waals surface area contributed by atoms with E-state index in [-0.39, 0.29) is 10.7 Å². The molecule has 0 radical (unpaired) electrons. The third-order valence-corrected chi connectivity index (χ3v) is 11.6. The van der Waals surface area contributed by atoms with E-state index in [4.69, 9.17) is 16.3 Å². The topological polar surface area (TPSA) is 141 Å². The number of sulfonamides is 1. The summed E-state index contributed by atoms with van der Waals surface area (Å²) in [5.41, 5.74) is 4.70. The second-order valence-electron chi connectivity index (χ2n) is 12.8. The summed E-state index contributed by atoms with van der Waals surface area (Å²) in [4.78, 5) is 25.3. The molecule has 0 amide bonds. The number of piperazine rings is 1. The number of rotatable bonds is 10. The van der Waals surface area contributed by atoms with E-state index < -0.39 is 15.3 Å². The first-order chi connectivity index (χ1) is 23.2. The van der Waals surface area contributed by atoms with Crippen molar-refractivity contribution in [1.82, 2.24) is 29.7 Å². The molecule has 2 aromatic carbocycles. The predicted molar refractivity (Wildman–Crippen MR) is 191 cm³/mol. The molecule has 7 rings (SSSR count). The molecular formula is C33H41ClN10O3S. The van der Waals surface area contributed by atoms with Crippen molar-refractivity contribution in [1.29, 1.82) is 0 Å². The maximum Gasteiger partial charge on any atom is 0.235 e. The number of anilines is 6. The van der Waals surface area contributed by atoms with Crippen LogP contribution in [0.25, 0.3) is 11.0 Å². The van der Waals surface area contributed by atoms with Crippen molar-refractivity contribution in [3.63, 3.8) is 0 Å². The van der Waals surface area contributed by atoms with Gasteiger partial charge in [-0.2, -0.15) is 4.98 Å². The third-order valence-electron chi connectivity index (χ3n) is 9.47. The molecule has 2 saturated heterocycles. The van der Waals surface area contributed by atoms with Gasteiger partial charge < -0.3 is 25.2 Å². The number of ether oxygens (including phenoxy) is 1. The molecule has 1 saturated carbocycles. The van der Waals surface area contributed by atoms with E-state index in [2.05, 4.69) is 76.1 Å². The number of likely N-dealkylation sites (N-methyl/N-ethyl adjacent to an activating group) is 1. The Labute approximate surface area is 286 Å². The Hall–Kier alpha value is -3.98. The van der Waals surface area contributed by atoms with Gasteiger partial charge in [-0.05, 0) is 63.4 Å². The van der Waals surface area contributed by atoms with Gasteiger partial charge in [-0.25, -0.2) is 13.4 Å². The molecule has 15 heteroatoms. The van der Waals surface area contributed by atoms with Gasteiger partial charge in [0.15, 0.2) is 5.82 Å². The Morgan fingerprint density at radius 2 is 1.67 bits per heavy atom. The SMILES string of the molecule is COc1cc(N2CCC(N3CCN(C)CC3)CC2)c(C)cc1Nc1ncc(Cl)c(Nc2ccc3nccnc3c2NS(=O)(=O)C2CC2)n1. The molecule has 254 valence electrons. The van der Waals surface area contributed by atoms with Gasteiger partial charge in [0, 0.05) is 69.5 Å². The zero-order valence-corrected chi connectivity index (χ0v) is 29.0. The van der Waals surface area contributed by atoms with Crippen LogP contribution >= 0.6 is 11.6 Å². The summed E-state index contributed by atoms with van der Waals surface area (Å²) in [7, 11) is 0.259. The number of piperidine rings is 1. The standard InChI is InChI=1S/C33H41ClN10O3S/c1-21-18-27(29(47-3)19-28(21)44-12-8-22(9-13-44)43-16-14-42(2)15-17-43)39-33-37-20-24(34)32(40-33)38-26-7-6-25-30(36-11-10-35-25)31(26)41-48(45,46)23-4-5-23/h6-7,10-11,18-20,22-23,41H,4-5,8-9,12-17H2,1-3H3,(H2,37,38,39,40). The summed E-state index contributed by atoms with van der Waals surface area (Å²) < 4.78 is 34.5. The monoisotopic (exact) mass is 692 g/mol. The second-order valence-corrected chi connectivity index (χ2v) is 15.2. The Morgan fingerprint density at radius 3 is 2.40 bits per heavy atom. The first-order valence-electron chi connectivity index (χ1n) is 16.4. The van der Waals surface area contributed by atoms with Crippen molar-refractivity contribution in [3.8, 4) is 5.75 Å². The van der Waals surface area contributed by atoms with E-state index in [0.29, 0.717) is 53.1 Å². The van der Waals surface area contributed by atoms with Crippen LogP contribution in [0.5, 0.6) is 5.75 Å². The highest BCUT2D eigenvalue weighted by atomic mass is 35.5. The molecule has 13 nitrogen and oxygen atoms in total. The van der Waals surface area contributed by atoms with Crippen LogP contribution in [0, 0.1) is 6.92 Å². The number of hydrogen-bond acceptors (Lipinski definition) is 12. The minimum Gasteiger partial charge on any atom is -0.494 e. The van der Waals surface area contributed by atoms with E-state index in [0.717, 1.165) is 69.0 Å². The Bertz CT molecular complexity index is 1910. The van der Waals surface area contributed by atoms with Crippen LogP contribution in [0.4, 0.5) is 34.5 Å². The first kappa shape index (κ1) is 32.6. The Balaban J connectivity index is 1.10. The van der Waals surface area contributed by atoms with Gasteiger partial charge in [-0.3, -0.25) is 19.6 Å². The van der Waals surface area contributed by atoms with Crippen LogP contribution in [0.1, 0.15) is 31.2 Å². The molecular weight excluding hydrogens is 652 g/mol. The summed E-state index contributed by atoms with van der Waals surface area (Å²) >= 11 is 6.55. The zero-order valence-electron chi connectivity index (χ0n) is 27.4. The number of halogens is 1. The summed E-state index contributed by atoms with van der Waals surface area (Å²) in [6, 6.07) is 8.26. The normalized spacial score (nSPS) is 18.2. The van der Waals surface area contributed by atoms with Gasteiger partial charge in [0.2, 0.25) is 16.0 Å². The van der Waals surface area contributed by atoms with Crippen LogP contribution in [0.15, 0.2) is 42.9 Å². The molecule has 2 aliphatic heterocycles. The van der Waals surface area contributed by atoms with Crippen molar-refractivity contribution < 1.29 is 13.2 Å².